The minimum atomic E-state index is -1.22. The highest BCUT2D eigenvalue weighted by Gasteiger charge is 2.14. The number of carbonyl (C=O) groups is 2. The second-order valence-electron chi connectivity index (χ2n) is 3.58. The summed E-state index contributed by atoms with van der Waals surface area (Å²) in [5.41, 5.74) is 0.575. The van der Waals surface area contributed by atoms with Crippen molar-refractivity contribution in [2.45, 2.75) is 13.5 Å². The molecule has 0 saturated heterocycles. The number of aromatic carboxylic acids is 1. The third-order valence-corrected chi connectivity index (χ3v) is 2.15. The maximum atomic E-state index is 11.6. The summed E-state index contributed by atoms with van der Waals surface area (Å²) < 4.78 is 9.68. The van der Waals surface area contributed by atoms with E-state index in [2.05, 4.69) is 10.5 Å². The standard InChI is InChI=1S/C11H10N2O5/c1-6-4-7(13-18-6)5-12-10(14)8-2-3-9(17-8)11(15)16/h2-4H,5H2,1H3,(H,12,14)(H,15,16). The van der Waals surface area contributed by atoms with Crippen LogP contribution in [0.1, 0.15) is 32.6 Å². The minimum Gasteiger partial charge on any atom is -0.475 e. The smallest absolute Gasteiger partial charge is 0.371 e. The summed E-state index contributed by atoms with van der Waals surface area (Å²) in [4.78, 5) is 22.2. The van der Waals surface area contributed by atoms with Crippen LogP contribution in [-0.2, 0) is 6.54 Å². The van der Waals surface area contributed by atoms with E-state index in [1.807, 2.05) is 0 Å². The molecule has 0 fully saturated rings. The van der Waals surface area contributed by atoms with Gasteiger partial charge in [-0.15, -0.1) is 0 Å². The van der Waals surface area contributed by atoms with Crippen LogP contribution in [-0.4, -0.2) is 22.1 Å². The van der Waals surface area contributed by atoms with Gasteiger partial charge in [0.15, 0.2) is 5.76 Å². The second kappa shape index (κ2) is 4.74. The molecule has 0 aliphatic carbocycles. The molecule has 0 aromatic carbocycles. The van der Waals surface area contributed by atoms with Gasteiger partial charge in [0.1, 0.15) is 11.5 Å². The average Bonchev–Trinajstić information content (AvgIpc) is 2.94. The third-order valence-electron chi connectivity index (χ3n) is 2.15. The van der Waals surface area contributed by atoms with Gasteiger partial charge < -0.3 is 19.4 Å². The molecule has 0 spiro atoms. The minimum absolute atomic E-state index is 0.0624. The van der Waals surface area contributed by atoms with Crippen LogP contribution in [0.2, 0.25) is 0 Å². The van der Waals surface area contributed by atoms with Crippen LogP contribution in [0.25, 0.3) is 0 Å². The first kappa shape index (κ1) is 11.9. The lowest BCUT2D eigenvalue weighted by Crippen LogP contribution is -2.22. The van der Waals surface area contributed by atoms with Gasteiger partial charge in [0.25, 0.3) is 5.91 Å². The molecular formula is C11H10N2O5. The Morgan fingerprint density at radius 1 is 1.39 bits per heavy atom. The van der Waals surface area contributed by atoms with Crippen molar-refractivity contribution < 1.29 is 23.6 Å². The highest BCUT2D eigenvalue weighted by Crippen LogP contribution is 2.08. The lowest BCUT2D eigenvalue weighted by molar-refractivity contribution is 0.0659. The van der Waals surface area contributed by atoms with E-state index in [4.69, 9.17) is 14.0 Å². The van der Waals surface area contributed by atoms with E-state index in [0.717, 1.165) is 0 Å². The Kier molecular flexibility index (Phi) is 3.13. The van der Waals surface area contributed by atoms with Crippen molar-refractivity contribution in [1.29, 1.82) is 0 Å². The Bertz CT molecular complexity index is 584. The molecule has 0 atom stereocenters. The summed E-state index contributed by atoms with van der Waals surface area (Å²) in [6.45, 7) is 1.92. The number of nitrogens with one attached hydrogen (secondary N) is 1. The van der Waals surface area contributed by atoms with E-state index in [-0.39, 0.29) is 18.1 Å². The number of carboxylic acid groups (broad SMARTS) is 1. The fraction of sp³-hybridized carbons (Fsp3) is 0.182. The van der Waals surface area contributed by atoms with Crippen molar-refractivity contribution in [3.05, 3.63) is 41.2 Å². The van der Waals surface area contributed by atoms with E-state index >= 15 is 0 Å². The summed E-state index contributed by atoms with van der Waals surface area (Å²) in [6.07, 6.45) is 0. The number of amides is 1. The zero-order valence-electron chi connectivity index (χ0n) is 9.47. The monoisotopic (exact) mass is 250 g/mol. The maximum Gasteiger partial charge on any atom is 0.371 e. The van der Waals surface area contributed by atoms with Crippen molar-refractivity contribution in [2.75, 3.05) is 0 Å². The van der Waals surface area contributed by atoms with Gasteiger partial charge in [0, 0.05) is 6.07 Å². The van der Waals surface area contributed by atoms with Crippen LogP contribution in [0.5, 0.6) is 0 Å². The van der Waals surface area contributed by atoms with Crippen LogP contribution >= 0.6 is 0 Å². The summed E-state index contributed by atoms with van der Waals surface area (Å²) in [5.74, 6) is -1.43. The number of aromatic nitrogens is 1. The van der Waals surface area contributed by atoms with E-state index in [9.17, 15) is 9.59 Å². The van der Waals surface area contributed by atoms with Crippen LogP contribution in [0.3, 0.4) is 0 Å². The lowest BCUT2D eigenvalue weighted by atomic mass is 10.3. The molecule has 2 heterocycles. The van der Waals surface area contributed by atoms with Gasteiger partial charge in [0.05, 0.1) is 6.54 Å². The molecule has 7 heteroatoms. The van der Waals surface area contributed by atoms with Gasteiger partial charge in [-0.3, -0.25) is 4.79 Å². The van der Waals surface area contributed by atoms with E-state index in [1.165, 1.54) is 12.1 Å². The molecule has 94 valence electrons. The molecule has 7 nitrogen and oxygen atoms in total. The summed E-state index contributed by atoms with van der Waals surface area (Å²) in [6, 6.07) is 4.20. The van der Waals surface area contributed by atoms with Gasteiger partial charge in [-0.2, -0.15) is 0 Å². The molecule has 1 amide bonds. The van der Waals surface area contributed by atoms with E-state index in [1.54, 1.807) is 13.0 Å². The van der Waals surface area contributed by atoms with E-state index < -0.39 is 11.9 Å². The molecule has 0 aliphatic rings. The normalized spacial score (nSPS) is 10.3. The molecule has 18 heavy (non-hydrogen) atoms. The predicted octanol–water partition coefficient (Wildman–Crippen LogP) is 1.20. The van der Waals surface area contributed by atoms with Crippen LogP contribution < -0.4 is 5.32 Å². The number of rotatable bonds is 4. The molecule has 2 rings (SSSR count). The summed E-state index contributed by atoms with van der Waals surface area (Å²) in [5, 5.41) is 14.9. The fourth-order valence-corrected chi connectivity index (χ4v) is 1.33. The van der Waals surface area contributed by atoms with Crippen molar-refractivity contribution in [3.63, 3.8) is 0 Å². The Hall–Kier alpha value is -2.57. The quantitative estimate of drug-likeness (QED) is 0.844. The van der Waals surface area contributed by atoms with Gasteiger partial charge in [-0.1, -0.05) is 5.16 Å². The third kappa shape index (κ3) is 2.57. The Labute approximate surface area is 101 Å². The highest BCUT2D eigenvalue weighted by atomic mass is 16.5. The van der Waals surface area contributed by atoms with Crippen molar-refractivity contribution in [1.82, 2.24) is 10.5 Å². The first-order valence-corrected chi connectivity index (χ1v) is 5.10. The molecule has 2 N–H and O–H groups in total. The first-order valence-electron chi connectivity index (χ1n) is 5.10. The number of hydrogen-bond donors (Lipinski definition) is 2. The number of furan rings is 1. The molecule has 2 aromatic heterocycles. The van der Waals surface area contributed by atoms with Crippen molar-refractivity contribution >= 4 is 11.9 Å². The van der Waals surface area contributed by atoms with Crippen LogP contribution in [0.15, 0.2) is 27.1 Å². The highest BCUT2D eigenvalue weighted by molar-refractivity contribution is 5.93. The number of hydrogen-bond acceptors (Lipinski definition) is 5. The average molecular weight is 250 g/mol. The molecule has 0 unspecified atom stereocenters. The van der Waals surface area contributed by atoms with E-state index in [0.29, 0.717) is 11.5 Å². The topological polar surface area (TPSA) is 106 Å². The number of carbonyl (C=O) groups excluding carboxylic acids is 1. The maximum absolute atomic E-state index is 11.6. The SMILES string of the molecule is Cc1cc(CNC(=O)c2ccc(C(=O)O)o2)no1. The molecule has 0 aliphatic heterocycles. The largest absolute Gasteiger partial charge is 0.475 e. The van der Waals surface area contributed by atoms with Gasteiger partial charge >= 0.3 is 5.97 Å². The predicted molar refractivity (Wildman–Crippen MR) is 58.1 cm³/mol. The van der Waals surface area contributed by atoms with Crippen LogP contribution in [0, 0.1) is 6.92 Å². The molecule has 0 saturated carbocycles. The zero-order valence-corrected chi connectivity index (χ0v) is 9.47. The Morgan fingerprint density at radius 3 is 2.67 bits per heavy atom. The van der Waals surface area contributed by atoms with Crippen molar-refractivity contribution in [2.24, 2.45) is 0 Å². The van der Waals surface area contributed by atoms with Gasteiger partial charge in [-0.05, 0) is 19.1 Å². The Balaban J connectivity index is 1.97. The first-order chi connectivity index (χ1) is 8.56. The zero-order chi connectivity index (χ0) is 13.1. The van der Waals surface area contributed by atoms with Crippen LogP contribution in [0.4, 0.5) is 0 Å². The summed E-state index contributed by atoms with van der Waals surface area (Å²) in [7, 11) is 0. The molecule has 0 bridgehead atoms. The molecule has 0 radical (unpaired) electrons. The second-order valence-corrected chi connectivity index (χ2v) is 3.58. The fourth-order valence-electron chi connectivity index (χ4n) is 1.33. The van der Waals surface area contributed by atoms with Gasteiger partial charge in [-0.25, -0.2) is 4.79 Å². The number of carboxylic acids is 1. The number of aryl methyl sites for hydroxylation is 1. The Morgan fingerprint density at radius 2 is 2.11 bits per heavy atom. The molecule has 2 aromatic rings. The van der Waals surface area contributed by atoms with Gasteiger partial charge in [0.2, 0.25) is 5.76 Å². The molecular weight excluding hydrogens is 240 g/mol. The lowest BCUT2D eigenvalue weighted by Gasteiger charge is -1.98. The summed E-state index contributed by atoms with van der Waals surface area (Å²) >= 11 is 0. The number of nitrogens with zero attached hydrogens (tertiary/aromatic N) is 1. The van der Waals surface area contributed by atoms with Crippen molar-refractivity contribution in [3.8, 4) is 0 Å².